The van der Waals surface area contributed by atoms with Gasteiger partial charge in [0.1, 0.15) is 0 Å². The predicted octanol–water partition coefficient (Wildman–Crippen LogP) is 12.1. The van der Waals surface area contributed by atoms with Gasteiger partial charge in [-0.05, 0) is 119 Å². The molecule has 0 aliphatic heterocycles. The Labute approximate surface area is 268 Å². The van der Waals surface area contributed by atoms with Crippen LogP contribution in [0.4, 0.5) is 0 Å². The molecule has 0 saturated heterocycles. The topological polar surface area (TPSA) is 0 Å². The first-order valence-corrected chi connectivity index (χ1v) is 16.5. The molecule has 4 aromatic rings. The molecule has 4 heteroatoms. The van der Waals surface area contributed by atoms with E-state index in [2.05, 4.69) is 185 Å². The number of halogens is 4. The fourth-order valence-electron chi connectivity index (χ4n) is 6.81. The molecule has 2 unspecified atom stereocenters. The fourth-order valence-corrected chi connectivity index (χ4v) is 8.40. The Morgan fingerprint density at radius 2 is 0.775 bits per heavy atom. The molecule has 4 aromatic carbocycles. The second-order valence-electron chi connectivity index (χ2n) is 10.6. The molecule has 0 amide bonds. The molecule has 0 spiro atoms. The van der Waals surface area contributed by atoms with Crippen molar-refractivity contribution in [1.82, 2.24) is 0 Å². The molecule has 40 heavy (non-hydrogen) atoms. The number of allylic oxidation sites excluding steroid dienone is 10. The van der Waals surface area contributed by atoms with Gasteiger partial charge in [0, 0.05) is 23.7 Å². The van der Waals surface area contributed by atoms with Crippen molar-refractivity contribution in [3.8, 4) is 0 Å². The maximum absolute atomic E-state index is 3.78. The Hall–Kier alpha value is -2.24. The van der Waals surface area contributed by atoms with Crippen molar-refractivity contribution in [2.75, 3.05) is 0 Å². The van der Waals surface area contributed by atoms with E-state index in [-0.39, 0.29) is 23.7 Å². The van der Waals surface area contributed by atoms with Crippen LogP contribution in [-0.4, -0.2) is 0 Å². The van der Waals surface area contributed by atoms with Gasteiger partial charge in [0.2, 0.25) is 0 Å². The molecule has 0 nitrogen and oxygen atoms in total. The fraction of sp³-hybridized carbons (Fsp3) is 0.111. The summed E-state index contributed by atoms with van der Waals surface area (Å²) in [6.07, 6.45) is 17.8. The molecule has 0 bridgehead atoms. The van der Waals surface area contributed by atoms with E-state index in [4.69, 9.17) is 0 Å². The molecular formula is C36H24Br4. The highest BCUT2D eigenvalue weighted by Crippen LogP contribution is 2.55. The van der Waals surface area contributed by atoms with Crippen LogP contribution < -0.4 is 0 Å². The monoisotopic (exact) mass is 772 g/mol. The minimum atomic E-state index is 0.166. The second kappa shape index (κ2) is 10.9. The summed E-state index contributed by atoms with van der Waals surface area (Å²) in [7, 11) is 0. The van der Waals surface area contributed by atoms with Crippen LogP contribution in [0.2, 0.25) is 0 Å². The summed E-state index contributed by atoms with van der Waals surface area (Å²) in [6.45, 7) is 0. The Morgan fingerprint density at radius 1 is 0.450 bits per heavy atom. The average molecular weight is 776 g/mol. The lowest BCUT2D eigenvalue weighted by atomic mass is 9.62. The van der Waals surface area contributed by atoms with Crippen LogP contribution in [0.1, 0.15) is 34.1 Å². The Bertz CT molecular complexity index is 1640. The SMILES string of the molecule is BrC(Br)=C1C=CC=CC1C1c2cc3ccccc3cc2C(C2C=CC=CC2=C(Br)Br)c2cc3ccccc3cc21. The first-order valence-electron chi connectivity index (χ1n) is 13.4. The molecule has 0 heterocycles. The van der Waals surface area contributed by atoms with Gasteiger partial charge >= 0.3 is 0 Å². The van der Waals surface area contributed by atoms with Gasteiger partial charge in [-0.15, -0.1) is 0 Å². The minimum absolute atomic E-state index is 0.166. The van der Waals surface area contributed by atoms with Gasteiger partial charge < -0.3 is 0 Å². The number of fused-ring (bicyclic) bond motifs is 4. The van der Waals surface area contributed by atoms with Crippen molar-refractivity contribution in [2.45, 2.75) is 11.8 Å². The zero-order valence-electron chi connectivity index (χ0n) is 21.4. The number of hydrogen-bond acceptors (Lipinski definition) is 0. The molecule has 0 fully saturated rings. The van der Waals surface area contributed by atoms with Crippen LogP contribution in [0.15, 0.2) is 139 Å². The first-order chi connectivity index (χ1) is 19.5. The van der Waals surface area contributed by atoms with Crippen LogP contribution in [0, 0.1) is 11.8 Å². The van der Waals surface area contributed by atoms with E-state index < -0.39 is 0 Å². The van der Waals surface area contributed by atoms with Crippen molar-refractivity contribution in [3.63, 3.8) is 0 Å². The van der Waals surface area contributed by atoms with Crippen molar-refractivity contribution in [1.29, 1.82) is 0 Å². The highest BCUT2D eigenvalue weighted by atomic mass is 79.9. The third-order valence-electron chi connectivity index (χ3n) is 8.53. The predicted molar refractivity (Wildman–Crippen MR) is 185 cm³/mol. The molecular weight excluding hydrogens is 752 g/mol. The maximum atomic E-state index is 3.78. The van der Waals surface area contributed by atoms with Crippen molar-refractivity contribution in [2.24, 2.45) is 11.8 Å². The summed E-state index contributed by atoms with van der Waals surface area (Å²) >= 11 is 15.1. The van der Waals surface area contributed by atoms with Gasteiger partial charge in [0.15, 0.2) is 0 Å². The molecule has 0 radical (unpaired) electrons. The molecule has 0 N–H and O–H groups in total. The third-order valence-corrected chi connectivity index (χ3v) is 10.4. The van der Waals surface area contributed by atoms with Gasteiger partial charge in [-0.1, -0.05) is 121 Å². The van der Waals surface area contributed by atoms with Gasteiger partial charge in [-0.3, -0.25) is 0 Å². The smallest absolute Gasteiger partial charge is 0.0642 e. The van der Waals surface area contributed by atoms with Crippen LogP contribution >= 0.6 is 63.7 Å². The zero-order valence-corrected chi connectivity index (χ0v) is 27.7. The van der Waals surface area contributed by atoms with Crippen molar-refractivity contribution >= 4 is 85.3 Å². The lowest BCUT2D eigenvalue weighted by Crippen LogP contribution is -2.28. The van der Waals surface area contributed by atoms with E-state index in [9.17, 15) is 0 Å². The van der Waals surface area contributed by atoms with E-state index >= 15 is 0 Å². The quantitative estimate of drug-likeness (QED) is 0.190. The van der Waals surface area contributed by atoms with Crippen LogP contribution in [0.25, 0.3) is 21.5 Å². The van der Waals surface area contributed by atoms with Gasteiger partial charge in [-0.25, -0.2) is 0 Å². The third kappa shape index (κ3) is 4.52. The summed E-state index contributed by atoms with van der Waals surface area (Å²) < 4.78 is 2.01. The zero-order chi connectivity index (χ0) is 27.4. The van der Waals surface area contributed by atoms with E-state index in [1.807, 2.05) is 0 Å². The van der Waals surface area contributed by atoms with E-state index in [1.165, 1.54) is 54.9 Å². The second-order valence-corrected chi connectivity index (χ2v) is 15.9. The highest BCUT2D eigenvalue weighted by molar-refractivity contribution is 9.28. The normalized spacial score (nSPS) is 23.0. The Morgan fingerprint density at radius 3 is 1.07 bits per heavy atom. The minimum Gasteiger partial charge on any atom is -0.0760 e. The molecule has 196 valence electrons. The van der Waals surface area contributed by atoms with Crippen LogP contribution in [-0.2, 0) is 0 Å². The van der Waals surface area contributed by atoms with Crippen LogP contribution in [0.3, 0.4) is 0 Å². The van der Waals surface area contributed by atoms with Gasteiger partial charge in [-0.2, -0.15) is 0 Å². The molecule has 2 atom stereocenters. The molecule has 7 rings (SSSR count). The number of benzene rings is 4. The average Bonchev–Trinajstić information content (AvgIpc) is 2.98. The van der Waals surface area contributed by atoms with E-state index in [1.54, 1.807) is 0 Å². The summed E-state index contributed by atoms with van der Waals surface area (Å²) in [4.78, 5) is 0. The standard InChI is InChI=1S/C36H24Br4/c37-35(38)27-15-7-5-13-25(27)33-29-17-21-9-1-2-10-22(21)18-30(29)34(26-14-6-8-16-28(26)36(39)40)32-20-24-12-4-3-11-23(24)19-31(32)33/h1-20,25-26,33-34H. The lowest BCUT2D eigenvalue weighted by molar-refractivity contribution is 0.573. The number of hydrogen-bond donors (Lipinski definition) is 0. The van der Waals surface area contributed by atoms with E-state index in [0.717, 1.165) is 6.78 Å². The van der Waals surface area contributed by atoms with Crippen LogP contribution in [0.5, 0.6) is 0 Å². The van der Waals surface area contributed by atoms with Gasteiger partial charge in [0.05, 0.1) is 6.78 Å². The lowest BCUT2D eigenvalue weighted by Gasteiger charge is -2.41. The maximum Gasteiger partial charge on any atom is 0.0642 e. The Balaban J connectivity index is 1.59. The van der Waals surface area contributed by atoms with Crippen molar-refractivity contribution in [3.05, 3.63) is 162 Å². The molecule has 3 aliphatic carbocycles. The van der Waals surface area contributed by atoms with Gasteiger partial charge in [0.25, 0.3) is 0 Å². The summed E-state index contributed by atoms with van der Waals surface area (Å²) in [5.74, 6) is 0.693. The first kappa shape index (κ1) is 26.6. The van der Waals surface area contributed by atoms with Crippen molar-refractivity contribution < 1.29 is 0 Å². The molecule has 3 aliphatic rings. The Kier molecular flexibility index (Phi) is 7.24. The molecule has 0 saturated carbocycles. The summed E-state index contributed by atoms with van der Waals surface area (Å²) in [5, 5.41) is 5.13. The highest BCUT2D eigenvalue weighted by Gasteiger charge is 2.41. The van der Waals surface area contributed by atoms with E-state index in [0.29, 0.717) is 0 Å². The number of rotatable bonds is 2. The summed E-state index contributed by atoms with van der Waals surface area (Å²) in [5.41, 5.74) is 8.14. The molecule has 0 aromatic heterocycles. The largest absolute Gasteiger partial charge is 0.0760 e. The summed E-state index contributed by atoms with van der Waals surface area (Å²) in [6, 6.07) is 27.4.